The fraction of sp³-hybridized carbons (Fsp3) is 0.278. The maximum absolute atomic E-state index is 12.4. The predicted molar refractivity (Wildman–Crippen MR) is 104 cm³/mol. The smallest absolute Gasteiger partial charge is 0.270 e. The van der Waals surface area contributed by atoms with Crippen molar-refractivity contribution in [3.8, 4) is 17.2 Å². The number of nitrogens with one attached hydrogen (secondary N) is 1. The molecule has 3 N–H and O–H groups in total. The highest BCUT2D eigenvalue weighted by molar-refractivity contribution is 5.97. The van der Waals surface area contributed by atoms with E-state index in [0.29, 0.717) is 24.5 Å². The Morgan fingerprint density at radius 2 is 1.85 bits per heavy atom. The highest BCUT2D eigenvalue weighted by Gasteiger charge is 2.18. The van der Waals surface area contributed by atoms with Gasteiger partial charge in [0.2, 0.25) is 0 Å². The lowest BCUT2D eigenvalue weighted by atomic mass is 10.1. The third-order valence-corrected chi connectivity index (χ3v) is 3.59. The van der Waals surface area contributed by atoms with Crippen LogP contribution in [0.2, 0.25) is 0 Å². The molecule has 2 rings (SSSR count). The van der Waals surface area contributed by atoms with Gasteiger partial charge in [0.05, 0.1) is 17.6 Å². The number of nitro groups is 1. The Morgan fingerprint density at radius 3 is 2.41 bits per heavy atom. The second-order valence-corrected chi connectivity index (χ2v) is 5.74. The molecule has 0 aliphatic carbocycles. The lowest BCUT2D eigenvalue weighted by Crippen LogP contribution is -2.29. The zero-order valence-electron chi connectivity index (χ0n) is 15.0. The van der Waals surface area contributed by atoms with Crippen molar-refractivity contribution in [2.75, 3.05) is 13.7 Å². The van der Waals surface area contributed by atoms with Crippen LogP contribution in [0.25, 0.3) is 0 Å². The SMILES string of the molecule is COc1ccc(Oc2ccc([N+](=O)[O-])cc2C(=O)NCCC(C)N)cc1.Cl. The number of methoxy groups -OCH3 is 1. The Bertz CT molecular complexity index is 781. The number of hydrogen-bond acceptors (Lipinski definition) is 6. The van der Waals surface area contributed by atoms with Crippen LogP contribution in [-0.4, -0.2) is 30.5 Å². The van der Waals surface area contributed by atoms with E-state index in [4.69, 9.17) is 15.2 Å². The number of benzene rings is 2. The van der Waals surface area contributed by atoms with Crippen LogP contribution in [0.1, 0.15) is 23.7 Å². The molecular formula is C18H22ClN3O5. The van der Waals surface area contributed by atoms with E-state index in [0.717, 1.165) is 0 Å². The van der Waals surface area contributed by atoms with E-state index in [-0.39, 0.29) is 35.4 Å². The number of hydrogen-bond donors (Lipinski definition) is 2. The molecular weight excluding hydrogens is 374 g/mol. The van der Waals surface area contributed by atoms with Crippen LogP contribution in [0.4, 0.5) is 5.69 Å². The number of rotatable bonds is 8. The first kappa shape index (κ1) is 22.2. The number of nitrogens with two attached hydrogens (primary N) is 1. The van der Waals surface area contributed by atoms with Crippen molar-refractivity contribution >= 4 is 24.0 Å². The van der Waals surface area contributed by atoms with Gasteiger partial charge in [-0.1, -0.05) is 0 Å². The van der Waals surface area contributed by atoms with Gasteiger partial charge in [0.1, 0.15) is 17.2 Å². The Balaban J connectivity index is 0.00000364. The fourth-order valence-corrected chi connectivity index (χ4v) is 2.18. The standard InChI is InChI=1S/C18H21N3O5.ClH/c1-12(19)9-10-20-18(22)16-11-13(21(23)24)3-8-17(16)26-15-6-4-14(25-2)5-7-15;/h3-8,11-12H,9-10,19H2,1-2H3,(H,20,22);1H. The van der Waals surface area contributed by atoms with Gasteiger partial charge in [-0.05, 0) is 43.7 Å². The van der Waals surface area contributed by atoms with Crippen LogP contribution in [0, 0.1) is 10.1 Å². The summed E-state index contributed by atoms with van der Waals surface area (Å²) in [6.45, 7) is 2.19. The molecule has 1 amide bonds. The van der Waals surface area contributed by atoms with Gasteiger partial charge < -0.3 is 20.5 Å². The van der Waals surface area contributed by atoms with E-state index in [9.17, 15) is 14.9 Å². The van der Waals surface area contributed by atoms with E-state index in [1.54, 1.807) is 31.4 Å². The maximum atomic E-state index is 12.4. The molecule has 8 nitrogen and oxygen atoms in total. The highest BCUT2D eigenvalue weighted by atomic mass is 35.5. The van der Waals surface area contributed by atoms with Crippen LogP contribution < -0.4 is 20.5 Å². The lowest BCUT2D eigenvalue weighted by Gasteiger charge is -2.12. The van der Waals surface area contributed by atoms with E-state index in [1.807, 2.05) is 6.92 Å². The summed E-state index contributed by atoms with van der Waals surface area (Å²) in [5, 5.41) is 13.7. The van der Waals surface area contributed by atoms with Gasteiger partial charge in [0.25, 0.3) is 11.6 Å². The number of halogens is 1. The van der Waals surface area contributed by atoms with Gasteiger partial charge in [-0.25, -0.2) is 0 Å². The summed E-state index contributed by atoms with van der Waals surface area (Å²) in [5.41, 5.74) is 5.55. The molecule has 0 bridgehead atoms. The summed E-state index contributed by atoms with van der Waals surface area (Å²) in [6.07, 6.45) is 0.593. The third-order valence-electron chi connectivity index (χ3n) is 3.59. The molecule has 0 aliphatic heterocycles. The van der Waals surface area contributed by atoms with E-state index in [2.05, 4.69) is 5.32 Å². The van der Waals surface area contributed by atoms with E-state index < -0.39 is 10.8 Å². The van der Waals surface area contributed by atoms with Crippen LogP contribution in [0.3, 0.4) is 0 Å². The molecule has 146 valence electrons. The zero-order valence-corrected chi connectivity index (χ0v) is 15.8. The first-order chi connectivity index (χ1) is 12.4. The average molecular weight is 396 g/mol. The highest BCUT2D eigenvalue weighted by Crippen LogP contribution is 2.29. The predicted octanol–water partition coefficient (Wildman–Crippen LogP) is 3.28. The monoisotopic (exact) mass is 395 g/mol. The summed E-state index contributed by atoms with van der Waals surface area (Å²) < 4.78 is 10.8. The second kappa shape index (κ2) is 10.3. The summed E-state index contributed by atoms with van der Waals surface area (Å²) in [5.74, 6) is 0.899. The van der Waals surface area contributed by atoms with Gasteiger partial charge >= 0.3 is 0 Å². The topological polar surface area (TPSA) is 117 Å². The molecule has 2 aromatic rings. The second-order valence-electron chi connectivity index (χ2n) is 5.74. The van der Waals surface area contributed by atoms with Crippen molar-refractivity contribution in [1.82, 2.24) is 5.32 Å². The van der Waals surface area contributed by atoms with Crippen molar-refractivity contribution in [3.63, 3.8) is 0 Å². The van der Waals surface area contributed by atoms with Crippen molar-refractivity contribution in [1.29, 1.82) is 0 Å². The molecule has 1 atom stereocenters. The number of carbonyl (C=O) groups is 1. The first-order valence-corrected chi connectivity index (χ1v) is 8.05. The fourth-order valence-electron chi connectivity index (χ4n) is 2.18. The van der Waals surface area contributed by atoms with Gasteiger partial charge in [-0.2, -0.15) is 0 Å². The van der Waals surface area contributed by atoms with E-state index >= 15 is 0 Å². The van der Waals surface area contributed by atoms with Crippen molar-refractivity contribution in [3.05, 3.63) is 58.1 Å². The summed E-state index contributed by atoms with van der Waals surface area (Å²) >= 11 is 0. The molecule has 0 aromatic heterocycles. The molecule has 1 unspecified atom stereocenters. The molecule has 0 radical (unpaired) electrons. The Labute approximate surface area is 163 Å². The summed E-state index contributed by atoms with van der Waals surface area (Å²) in [4.78, 5) is 22.9. The Kier molecular flexibility index (Phi) is 8.50. The number of amides is 1. The van der Waals surface area contributed by atoms with Crippen LogP contribution in [0.15, 0.2) is 42.5 Å². The Morgan fingerprint density at radius 1 is 1.22 bits per heavy atom. The van der Waals surface area contributed by atoms with Crippen LogP contribution in [0.5, 0.6) is 17.2 Å². The summed E-state index contributed by atoms with van der Waals surface area (Å²) in [7, 11) is 1.55. The third kappa shape index (κ3) is 6.43. The minimum atomic E-state index is -0.560. The zero-order chi connectivity index (χ0) is 19.1. The van der Waals surface area contributed by atoms with Crippen LogP contribution >= 0.6 is 12.4 Å². The molecule has 27 heavy (non-hydrogen) atoms. The van der Waals surface area contributed by atoms with Gasteiger partial charge in [-0.3, -0.25) is 14.9 Å². The molecule has 0 spiro atoms. The molecule has 9 heteroatoms. The quantitative estimate of drug-likeness (QED) is 0.523. The van der Waals surface area contributed by atoms with Gasteiger partial charge in [0, 0.05) is 24.7 Å². The Hall–Kier alpha value is -2.84. The van der Waals surface area contributed by atoms with Crippen molar-refractivity contribution in [2.24, 2.45) is 5.73 Å². The normalized spacial score (nSPS) is 11.1. The van der Waals surface area contributed by atoms with Crippen molar-refractivity contribution in [2.45, 2.75) is 19.4 Å². The van der Waals surface area contributed by atoms with E-state index in [1.165, 1.54) is 18.2 Å². The number of nitro benzene ring substituents is 1. The first-order valence-electron chi connectivity index (χ1n) is 8.05. The number of ether oxygens (including phenoxy) is 2. The average Bonchev–Trinajstić information content (AvgIpc) is 2.62. The van der Waals surface area contributed by atoms with Gasteiger partial charge in [-0.15, -0.1) is 12.4 Å². The minimum absolute atomic E-state index is 0. The van der Waals surface area contributed by atoms with Crippen molar-refractivity contribution < 1.29 is 19.2 Å². The number of carbonyl (C=O) groups excluding carboxylic acids is 1. The molecule has 0 fully saturated rings. The van der Waals surface area contributed by atoms with Gasteiger partial charge in [0.15, 0.2) is 0 Å². The van der Waals surface area contributed by atoms with Crippen LogP contribution in [-0.2, 0) is 0 Å². The molecule has 0 saturated carbocycles. The molecule has 0 saturated heterocycles. The molecule has 2 aromatic carbocycles. The minimum Gasteiger partial charge on any atom is -0.497 e. The maximum Gasteiger partial charge on any atom is 0.270 e. The number of nitrogens with zero attached hydrogens (tertiary/aromatic N) is 1. The lowest BCUT2D eigenvalue weighted by molar-refractivity contribution is -0.384. The summed E-state index contributed by atoms with van der Waals surface area (Å²) in [6, 6.07) is 10.6. The largest absolute Gasteiger partial charge is 0.497 e. The molecule has 0 aliphatic rings. The molecule has 0 heterocycles. The number of non-ortho nitro benzene ring substituents is 1.